The molecular formula is C18H26N2O3S2. The summed E-state index contributed by atoms with van der Waals surface area (Å²) in [6, 6.07) is 2.15. The standard InChI is InChI=1S/C18H26N2O3S2/c1-11(23-25(5,21)22)16-14-10-15(24-17(14)20-12(2)19-16)13-6-8-18(3,4)9-7-13/h10-11,13H,6-9H2,1-5H3. The number of hydrogen-bond donors (Lipinski definition) is 0. The van der Waals surface area contributed by atoms with Crippen LogP contribution in [0.25, 0.3) is 10.2 Å². The van der Waals surface area contributed by atoms with Crippen molar-refractivity contribution in [3.63, 3.8) is 0 Å². The molecule has 0 N–H and O–H groups in total. The van der Waals surface area contributed by atoms with Crippen molar-refractivity contribution in [3.8, 4) is 0 Å². The molecule has 3 rings (SSSR count). The molecule has 2 aromatic heterocycles. The minimum Gasteiger partial charge on any atom is -0.261 e. The van der Waals surface area contributed by atoms with Crippen LogP contribution in [0.1, 0.15) is 74.9 Å². The van der Waals surface area contributed by atoms with Gasteiger partial charge in [-0.1, -0.05) is 13.8 Å². The molecule has 1 aliphatic carbocycles. The molecule has 25 heavy (non-hydrogen) atoms. The number of fused-ring (bicyclic) bond motifs is 1. The Morgan fingerprint density at radius 3 is 2.52 bits per heavy atom. The maximum Gasteiger partial charge on any atom is 0.265 e. The average molecular weight is 383 g/mol. The fourth-order valence-corrected chi connectivity index (χ4v) is 5.44. The van der Waals surface area contributed by atoms with Gasteiger partial charge < -0.3 is 0 Å². The highest BCUT2D eigenvalue weighted by molar-refractivity contribution is 7.86. The number of nitrogens with zero attached hydrogens (tertiary/aromatic N) is 2. The Labute approximate surface area is 154 Å². The molecule has 2 heterocycles. The third-order valence-corrected chi connectivity index (χ3v) is 6.83. The van der Waals surface area contributed by atoms with Crippen LogP contribution in [0.4, 0.5) is 0 Å². The number of aryl methyl sites for hydroxylation is 1. The van der Waals surface area contributed by atoms with E-state index in [4.69, 9.17) is 4.18 Å². The minimum atomic E-state index is -3.54. The topological polar surface area (TPSA) is 69.2 Å². The number of rotatable bonds is 4. The Kier molecular flexibility index (Phi) is 4.94. The van der Waals surface area contributed by atoms with E-state index in [1.807, 2.05) is 6.92 Å². The Morgan fingerprint density at radius 1 is 1.28 bits per heavy atom. The highest BCUT2D eigenvalue weighted by Crippen LogP contribution is 2.45. The van der Waals surface area contributed by atoms with Crippen molar-refractivity contribution in [2.75, 3.05) is 6.26 Å². The molecule has 1 atom stereocenters. The van der Waals surface area contributed by atoms with Gasteiger partial charge in [-0.15, -0.1) is 11.3 Å². The average Bonchev–Trinajstić information content (AvgIpc) is 2.87. The Bertz CT molecular complexity index is 877. The molecule has 5 nitrogen and oxygen atoms in total. The summed E-state index contributed by atoms with van der Waals surface area (Å²) >= 11 is 1.71. The van der Waals surface area contributed by atoms with Gasteiger partial charge in [0, 0.05) is 10.3 Å². The zero-order valence-corrected chi connectivity index (χ0v) is 17.1. The predicted octanol–water partition coefficient (Wildman–Crippen LogP) is 4.72. The van der Waals surface area contributed by atoms with Gasteiger partial charge in [0.15, 0.2) is 0 Å². The van der Waals surface area contributed by atoms with E-state index in [-0.39, 0.29) is 0 Å². The van der Waals surface area contributed by atoms with E-state index in [9.17, 15) is 8.42 Å². The molecule has 1 fully saturated rings. The maximum atomic E-state index is 11.5. The van der Waals surface area contributed by atoms with Crippen molar-refractivity contribution in [3.05, 3.63) is 22.5 Å². The van der Waals surface area contributed by atoms with Crippen molar-refractivity contribution in [2.45, 2.75) is 65.4 Å². The second kappa shape index (κ2) is 6.59. The van der Waals surface area contributed by atoms with Crippen LogP contribution >= 0.6 is 11.3 Å². The Morgan fingerprint density at radius 2 is 1.92 bits per heavy atom. The largest absolute Gasteiger partial charge is 0.265 e. The molecule has 0 bridgehead atoms. The van der Waals surface area contributed by atoms with Gasteiger partial charge in [-0.2, -0.15) is 8.42 Å². The third-order valence-electron chi connectivity index (χ3n) is 5.00. The summed E-state index contributed by atoms with van der Waals surface area (Å²) < 4.78 is 28.1. The third kappa shape index (κ3) is 4.38. The maximum absolute atomic E-state index is 11.5. The second-order valence-electron chi connectivity index (χ2n) is 7.90. The first kappa shape index (κ1) is 18.7. The second-order valence-corrected chi connectivity index (χ2v) is 10.6. The highest BCUT2D eigenvalue weighted by Gasteiger charge is 2.29. The fourth-order valence-electron chi connectivity index (χ4n) is 3.58. The summed E-state index contributed by atoms with van der Waals surface area (Å²) in [7, 11) is -3.54. The lowest BCUT2D eigenvalue weighted by atomic mass is 9.73. The van der Waals surface area contributed by atoms with Crippen LogP contribution in [-0.2, 0) is 14.3 Å². The van der Waals surface area contributed by atoms with E-state index >= 15 is 0 Å². The SMILES string of the molecule is Cc1nc(C(C)OS(C)(=O)=O)c2cc(C3CCC(C)(C)CC3)sc2n1. The van der Waals surface area contributed by atoms with Gasteiger partial charge in [0.1, 0.15) is 16.8 Å². The first-order chi connectivity index (χ1) is 11.5. The van der Waals surface area contributed by atoms with E-state index in [0.717, 1.165) is 16.5 Å². The van der Waals surface area contributed by atoms with E-state index in [2.05, 4.69) is 29.9 Å². The summed E-state index contributed by atoms with van der Waals surface area (Å²) in [6.07, 6.45) is 5.30. The van der Waals surface area contributed by atoms with Crippen LogP contribution in [0.3, 0.4) is 0 Å². The van der Waals surface area contributed by atoms with Crippen LogP contribution in [0.2, 0.25) is 0 Å². The van der Waals surface area contributed by atoms with Gasteiger partial charge in [0.25, 0.3) is 10.1 Å². The first-order valence-corrected chi connectivity index (χ1v) is 11.3. The number of aromatic nitrogens is 2. The molecule has 1 aliphatic rings. The van der Waals surface area contributed by atoms with Crippen molar-refractivity contribution < 1.29 is 12.6 Å². The van der Waals surface area contributed by atoms with Crippen molar-refractivity contribution >= 4 is 31.7 Å². The van der Waals surface area contributed by atoms with Gasteiger partial charge in [-0.25, -0.2) is 9.97 Å². The quantitative estimate of drug-likeness (QED) is 0.716. The van der Waals surface area contributed by atoms with Crippen LogP contribution in [0.5, 0.6) is 0 Å². The van der Waals surface area contributed by atoms with Crippen LogP contribution in [0.15, 0.2) is 6.07 Å². The van der Waals surface area contributed by atoms with E-state index in [1.165, 1.54) is 30.6 Å². The molecule has 0 saturated heterocycles. The summed E-state index contributed by atoms with van der Waals surface area (Å²) in [5.41, 5.74) is 1.10. The predicted molar refractivity (Wildman–Crippen MR) is 101 cm³/mol. The lowest BCUT2D eigenvalue weighted by Gasteiger charge is -2.33. The molecule has 1 saturated carbocycles. The number of thiophene rings is 1. The van der Waals surface area contributed by atoms with E-state index in [0.29, 0.717) is 22.9 Å². The summed E-state index contributed by atoms with van der Waals surface area (Å²) in [4.78, 5) is 11.3. The fraction of sp³-hybridized carbons (Fsp3) is 0.667. The van der Waals surface area contributed by atoms with Crippen molar-refractivity contribution in [1.82, 2.24) is 9.97 Å². The zero-order valence-electron chi connectivity index (χ0n) is 15.5. The summed E-state index contributed by atoms with van der Waals surface area (Å²) in [5.74, 6) is 1.20. The lowest BCUT2D eigenvalue weighted by molar-refractivity contribution is 0.226. The van der Waals surface area contributed by atoms with Gasteiger partial charge in [-0.05, 0) is 56.9 Å². The molecule has 138 valence electrons. The van der Waals surface area contributed by atoms with Gasteiger partial charge in [-0.3, -0.25) is 4.18 Å². The normalized spacial score (nSPS) is 20.0. The van der Waals surface area contributed by atoms with Gasteiger partial charge >= 0.3 is 0 Å². The van der Waals surface area contributed by atoms with E-state index < -0.39 is 16.2 Å². The molecule has 0 aliphatic heterocycles. The summed E-state index contributed by atoms with van der Waals surface area (Å²) in [6.45, 7) is 8.23. The minimum absolute atomic E-state index is 0.437. The molecule has 0 spiro atoms. The molecule has 0 aromatic carbocycles. The van der Waals surface area contributed by atoms with E-state index in [1.54, 1.807) is 18.3 Å². The summed E-state index contributed by atoms with van der Waals surface area (Å²) in [5, 5.41) is 0.923. The van der Waals surface area contributed by atoms with Crippen LogP contribution < -0.4 is 0 Å². The van der Waals surface area contributed by atoms with Gasteiger partial charge in [0.05, 0.1) is 11.9 Å². The van der Waals surface area contributed by atoms with Crippen molar-refractivity contribution in [2.24, 2.45) is 5.41 Å². The lowest BCUT2D eigenvalue weighted by Crippen LogP contribution is -2.19. The highest BCUT2D eigenvalue weighted by atomic mass is 32.2. The molecule has 1 unspecified atom stereocenters. The first-order valence-electron chi connectivity index (χ1n) is 8.70. The molecule has 0 radical (unpaired) electrons. The van der Waals surface area contributed by atoms with Crippen molar-refractivity contribution in [1.29, 1.82) is 0 Å². The molecular weight excluding hydrogens is 356 g/mol. The molecule has 0 amide bonds. The van der Waals surface area contributed by atoms with Gasteiger partial charge in [0.2, 0.25) is 0 Å². The Hall–Kier alpha value is -1.05. The number of hydrogen-bond acceptors (Lipinski definition) is 6. The van der Waals surface area contributed by atoms with Crippen LogP contribution in [-0.4, -0.2) is 24.6 Å². The monoisotopic (exact) mass is 382 g/mol. The Balaban J connectivity index is 1.96. The smallest absolute Gasteiger partial charge is 0.261 e. The van der Waals surface area contributed by atoms with Crippen LogP contribution in [0, 0.1) is 12.3 Å². The molecule has 2 aromatic rings. The molecule has 7 heteroatoms. The zero-order chi connectivity index (χ0) is 18.4.